The van der Waals surface area contributed by atoms with E-state index in [-0.39, 0.29) is 48.1 Å². The van der Waals surface area contributed by atoms with Crippen LogP contribution in [0.5, 0.6) is 0 Å². The summed E-state index contributed by atoms with van der Waals surface area (Å²) in [6.07, 6.45) is 2.60. The summed E-state index contributed by atoms with van der Waals surface area (Å²) in [6.45, 7) is 8.17. The van der Waals surface area contributed by atoms with Crippen molar-refractivity contribution in [2.45, 2.75) is 72.3 Å². The number of carbonyl (C=O) groups is 5. The van der Waals surface area contributed by atoms with E-state index in [1.807, 2.05) is 36.4 Å². The summed E-state index contributed by atoms with van der Waals surface area (Å²) in [6, 6.07) is -1.28. The first kappa shape index (κ1) is 30.3. The van der Waals surface area contributed by atoms with Crippen molar-refractivity contribution < 1.29 is 24.0 Å². The highest BCUT2D eigenvalue weighted by Gasteiger charge is 2.30. The van der Waals surface area contributed by atoms with Crippen LogP contribution < -0.4 is 21.7 Å². The molecule has 2 atom stereocenters. The molecule has 0 saturated heterocycles. The van der Waals surface area contributed by atoms with E-state index >= 15 is 0 Å². The van der Waals surface area contributed by atoms with Gasteiger partial charge in [0.15, 0.2) is 5.78 Å². The Hall–Kier alpha value is -1.72. The summed E-state index contributed by atoms with van der Waals surface area (Å²) < 4.78 is 0.401. The third-order valence-corrected chi connectivity index (χ3v) is 5.74. The molecule has 0 aliphatic carbocycles. The minimum atomic E-state index is -0.660. The van der Waals surface area contributed by atoms with Gasteiger partial charge in [0.05, 0.1) is 10.5 Å². The number of nitrogens with two attached hydrogens (primary N) is 1. The van der Waals surface area contributed by atoms with Crippen LogP contribution in [0.15, 0.2) is 0 Å². The summed E-state index contributed by atoms with van der Waals surface area (Å²) in [7, 11) is 0. The third kappa shape index (κ3) is 13.6. The van der Waals surface area contributed by atoms with Crippen LogP contribution in [0.3, 0.4) is 0 Å². The highest BCUT2D eigenvalue weighted by Crippen LogP contribution is 2.20. The van der Waals surface area contributed by atoms with Gasteiger partial charge in [-0.3, -0.25) is 19.2 Å². The molecule has 5 N–H and O–H groups in total. The van der Waals surface area contributed by atoms with Gasteiger partial charge in [0.2, 0.25) is 11.8 Å². The second kappa shape index (κ2) is 16.8. The van der Waals surface area contributed by atoms with Gasteiger partial charge in [0, 0.05) is 37.8 Å². The van der Waals surface area contributed by atoms with Crippen molar-refractivity contribution in [3.05, 3.63) is 0 Å². The summed E-state index contributed by atoms with van der Waals surface area (Å²) in [5.74, 6) is -1.19. The van der Waals surface area contributed by atoms with Gasteiger partial charge in [-0.2, -0.15) is 0 Å². The zero-order valence-corrected chi connectivity index (χ0v) is 21.8. The van der Waals surface area contributed by atoms with E-state index in [2.05, 4.69) is 16.0 Å². The standard InChI is InChI=1S/C22H39IN4O5/c1-14(2)20(27-18(29)9-5-6-10-25-19(30)13-23)17(28)12-16(21(31)15(3)4)8-7-11-26-22(24)32/h14-16,20H,5-13H2,1-4H3,(H,25,30)(H,27,29)(H3,24,26,32)/t16-,20+/m1/s1. The lowest BCUT2D eigenvalue weighted by Crippen LogP contribution is -2.45. The average molecular weight is 566 g/mol. The molecule has 0 heterocycles. The number of primary amides is 1. The van der Waals surface area contributed by atoms with Crippen LogP contribution in [0.25, 0.3) is 0 Å². The van der Waals surface area contributed by atoms with Crippen LogP contribution in [0, 0.1) is 17.8 Å². The van der Waals surface area contributed by atoms with Crippen molar-refractivity contribution >= 4 is 52.0 Å². The van der Waals surface area contributed by atoms with Crippen molar-refractivity contribution in [1.29, 1.82) is 0 Å². The summed E-state index contributed by atoms with van der Waals surface area (Å²) in [5.41, 5.74) is 5.06. The molecule has 0 aromatic heterocycles. The van der Waals surface area contributed by atoms with Gasteiger partial charge in [0.1, 0.15) is 5.78 Å². The fourth-order valence-electron chi connectivity index (χ4n) is 3.30. The number of hydrogen-bond acceptors (Lipinski definition) is 5. The number of ketones is 2. The Balaban J connectivity index is 4.78. The summed E-state index contributed by atoms with van der Waals surface area (Å²) in [5, 5.41) is 8.07. The molecule has 184 valence electrons. The van der Waals surface area contributed by atoms with Gasteiger partial charge >= 0.3 is 6.03 Å². The molecule has 0 spiro atoms. The highest BCUT2D eigenvalue weighted by atomic mass is 127. The summed E-state index contributed by atoms with van der Waals surface area (Å²) >= 11 is 1.99. The molecule has 0 saturated carbocycles. The molecule has 0 radical (unpaired) electrons. The van der Waals surface area contributed by atoms with Crippen molar-refractivity contribution in [2.24, 2.45) is 23.5 Å². The van der Waals surface area contributed by atoms with E-state index in [4.69, 9.17) is 5.73 Å². The van der Waals surface area contributed by atoms with Gasteiger partial charge in [-0.15, -0.1) is 0 Å². The minimum Gasteiger partial charge on any atom is -0.355 e. The lowest BCUT2D eigenvalue weighted by Gasteiger charge is -2.24. The quantitative estimate of drug-likeness (QED) is 0.121. The van der Waals surface area contributed by atoms with E-state index in [1.54, 1.807) is 13.8 Å². The van der Waals surface area contributed by atoms with Crippen molar-refractivity contribution in [3.63, 3.8) is 0 Å². The Morgan fingerprint density at radius 2 is 1.50 bits per heavy atom. The van der Waals surface area contributed by atoms with Gasteiger partial charge < -0.3 is 21.7 Å². The Morgan fingerprint density at radius 1 is 0.875 bits per heavy atom. The maximum Gasteiger partial charge on any atom is 0.312 e. The van der Waals surface area contributed by atoms with Crippen LogP contribution >= 0.6 is 22.6 Å². The number of urea groups is 1. The van der Waals surface area contributed by atoms with E-state index in [0.717, 1.165) is 0 Å². The number of hydrogen-bond donors (Lipinski definition) is 4. The number of rotatable bonds is 17. The van der Waals surface area contributed by atoms with E-state index in [1.165, 1.54) is 0 Å². The normalized spacial score (nSPS) is 12.8. The molecule has 0 aromatic rings. The second-order valence-corrected chi connectivity index (χ2v) is 9.35. The predicted molar refractivity (Wildman–Crippen MR) is 132 cm³/mol. The molecule has 0 aliphatic heterocycles. The molecule has 0 aliphatic rings. The topological polar surface area (TPSA) is 147 Å². The molecule has 32 heavy (non-hydrogen) atoms. The Morgan fingerprint density at radius 3 is 2.03 bits per heavy atom. The number of unbranched alkanes of at least 4 members (excludes halogenated alkanes) is 1. The summed E-state index contributed by atoms with van der Waals surface area (Å²) in [4.78, 5) is 60.0. The first-order valence-electron chi connectivity index (χ1n) is 11.2. The number of nitrogens with one attached hydrogen (secondary N) is 3. The van der Waals surface area contributed by atoms with Gasteiger partial charge in [-0.25, -0.2) is 4.79 Å². The largest absolute Gasteiger partial charge is 0.355 e. The van der Waals surface area contributed by atoms with Crippen LogP contribution in [-0.2, 0) is 19.2 Å². The van der Waals surface area contributed by atoms with Crippen molar-refractivity contribution in [1.82, 2.24) is 16.0 Å². The lowest BCUT2D eigenvalue weighted by atomic mass is 9.84. The molecule has 0 unspecified atom stereocenters. The van der Waals surface area contributed by atoms with Gasteiger partial charge in [-0.1, -0.05) is 50.3 Å². The molecule has 0 rings (SSSR count). The molecular formula is C22H39IN4O5. The van der Waals surface area contributed by atoms with Crippen LogP contribution in [0.2, 0.25) is 0 Å². The predicted octanol–water partition coefficient (Wildman–Crippen LogP) is 2.10. The zero-order valence-electron chi connectivity index (χ0n) is 19.7. The number of alkyl halides is 1. The zero-order chi connectivity index (χ0) is 24.7. The average Bonchev–Trinajstić information content (AvgIpc) is 2.72. The second-order valence-electron chi connectivity index (χ2n) is 8.59. The lowest BCUT2D eigenvalue weighted by molar-refractivity contribution is -0.133. The van der Waals surface area contributed by atoms with Gasteiger partial charge in [0.25, 0.3) is 0 Å². The maximum atomic E-state index is 13.0. The Bertz CT molecular complexity index is 640. The van der Waals surface area contributed by atoms with Crippen molar-refractivity contribution in [3.8, 4) is 0 Å². The van der Waals surface area contributed by atoms with E-state index < -0.39 is 18.0 Å². The SMILES string of the molecule is CC(C)C(=O)[C@H](CCCNC(N)=O)CC(=O)[C@@H](NC(=O)CCCCNC(=O)CI)C(C)C. The maximum absolute atomic E-state index is 13.0. The van der Waals surface area contributed by atoms with E-state index in [9.17, 15) is 24.0 Å². The molecule has 0 aromatic carbocycles. The van der Waals surface area contributed by atoms with Crippen LogP contribution in [-0.4, -0.2) is 53.0 Å². The molecule has 4 amide bonds. The number of Topliss-reactive ketones (excluding diaryl/α,β-unsaturated/α-hetero) is 2. The fourth-order valence-corrected chi connectivity index (χ4v) is 3.57. The smallest absolute Gasteiger partial charge is 0.312 e. The Labute approximate surface area is 204 Å². The van der Waals surface area contributed by atoms with Crippen LogP contribution in [0.4, 0.5) is 4.79 Å². The molecule has 0 fully saturated rings. The van der Waals surface area contributed by atoms with Crippen molar-refractivity contribution in [2.75, 3.05) is 17.5 Å². The molecule has 9 nitrogen and oxygen atoms in total. The minimum absolute atomic E-state index is 0.000178. The number of carbonyl (C=O) groups excluding carboxylic acids is 5. The van der Waals surface area contributed by atoms with Gasteiger partial charge in [-0.05, 0) is 31.6 Å². The fraction of sp³-hybridized carbons (Fsp3) is 0.773. The number of amides is 4. The Kier molecular flexibility index (Phi) is 15.9. The first-order chi connectivity index (χ1) is 15.0. The molecule has 10 heteroatoms. The van der Waals surface area contributed by atoms with Crippen LogP contribution in [0.1, 0.15) is 66.2 Å². The number of halogens is 1. The molecule has 0 bridgehead atoms. The van der Waals surface area contributed by atoms with E-state index in [0.29, 0.717) is 43.2 Å². The molecular weight excluding hydrogens is 527 g/mol. The highest BCUT2D eigenvalue weighted by molar-refractivity contribution is 14.1. The third-order valence-electron chi connectivity index (χ3n) is 5.05. The first-order valence-corrected chi connectivity index (χ1v) is 12.7. The monoisotopic (exact) mass is 566 g/mol.